The topological polar surface area (TPSA) is 60.7 Å². The second kappa shape index (κ2) is 8.39. The van der Waals surface area contributed by atoms with E-state index in [2.05, 4.69) is 4.99 Å². The molecule has 0 bridgehead atoms. The zero-order valence-corrected chi connectivity index (χ0v) is 17.6. The summed E-state index contributed by atoms with van der Waals surface area (Å²) in [7, 11) is 0. The van der Waals surface area contributed by atoms with Crippen molar-refractivity contribution < 1.29 is 18.3 Å². The van der Waals surface area contributed by atoms with Crippen LogP contribution in [0.4, 0.5) is 8.78 Å². The van der Waals surface area contributed by atoms with E-state index >= 15 is 0 Å². The minimum absolute atomic E-state index is 0.0943. The molecule has 0 N–H and O–H groups in total. The Hall–Kier alpha value is -3.39. The Morgan fingerprint density at radius 2 is 1.84 bits per heavy atom. The molecule has 0 saturated heterocycles. The number of thiazole rings is 1. The number of fused-ring (bicyclic) bond motifs is 1. The molecule has 31 heavy (non-hydrogen) atoms. The van der Waals surface area contributed by atoms with Crippen LogP contribution >= 0.6 is 11.3 Å². The lowest BCUT2D eigenvalue weighted by Crippen LogP contribution is -2.40. The average Bonchev–Trinajstić information content (AvgIpc) is 3.04. The largest absolute Gasteiger partial charge is 0.463 e. The number of ether oxygens (including phenoxy) is 1. The number of nitrogens with zero attached hydrogens (tertiary/aromatic N) is 2. The lowest BCUT2D eigenvalue weighted by Gasteiger charge is -2.24. The van der Waals surface area contributed by atoms with E-state index in [9.17, 15) is 18.4 Å². The van der Waals surface area contributed by atoms with Crippen molar-refractivity contribution in [2.24, 2.45) is 4.99 Å². The number of hydrogen-bond acceptors (Lipinski definition) is 5. The van der Waals surface area contributed by atoms with E-state index in [1.807, 2.05) is 0 Å². The van der Waals surface area contributed by atoms with Gasteiger partial charge in [0, 0.05) is 11.1 Å². The first-order valence-electron chi connectivity index (χ1n) is 9.61. The van der Waals surface area contributed by atoms with Gasteiger partial charge in [0.2, 0.25) is 0 Å². The third-order valence-electron chi connectivity index (χ3n) is 4.91. The maximum Gasteiger partial charge on any atom is 0.338 e. The number of esters is 1. The molecule has 1 atom stereocenters. The van der Waals surface area contributed by atoms with Gasteiger partial charge in [0.05, 0.1) is 22.4 Å². The number of benzene rings is 2. The van der Waals surface area contributed by atoms with Crippen LogP contribution in [-0.2, 0) is 9.53 Å². The number of aromatic nitrogens is 1. The monoisotopic (exact) mass is 440 g/mol. The molecule has 5 nitrogen and oxygen atoms in total. The van der Waals surface area contributed by atoms with E-state index in [0.29, 0.717) is 10.5 Å². The van der Waals surface area contributed by atoms with Crippen LogP contribution in [-0.4, -0.2) is 17.1 Å². The standard InChI is InChI=1S/C23H18F2N2O3S/c1-3-30-22(29)19-13(2)26-23-27(20(19)15-9-5-7-11-17(15)25)21(28)18(31-23)12-14-8-4-6-10-16(14)24/h4-12,20H,3H2,1-2H3/b18-12+. The number of allylic oxidation sites excluding steroid dienone is 1. The Morgan fingerprint density at radius 3 is 2.52 bits per heavy atom. The first-order valence-corrected chi connectivity index (χ1v) is 10.4. The predicted octanol–water partition coefficient (Wildman–Crippen LogP) is 3.08. The van der Waals surface area contributed by atoms with E-state index in [1.54, 1.807) is 38.1 Å². The van der Waals surface area contributed by atoms with Gasteiger partial charge < -0.3 is 4.74 Å². The fourth-order valence-corrected chi connectivity index (χ4v) is 4.55. The maximum atomic E-state index is 14.8. The van der Waals surface area contributed by atoms with Crippen molar-refractivity contribution in [3.63, 3.8) is 0 Å². The zero-order chi connectivity index (χ0) is 22.1. The fourth-order valence-electron chi connectivity index (χ4n) is 3.52. The SMILES string of the molecule is CCOC(=O)C1=C(C)N=c2s/c(=C/c3ccccc3F)c(=O)n2C1c1ccccc1F. The van der Waals surface area contributed by atoms with Gasteiger partial charge >= 0.3 is 5.97 Å². The van der Waals surface area contributed by atoms with Gasteiger partial charge in [0.15, 0.2) is 4.80 Å². The van der Waals surface area contributed by atoms with Gasteiger partial charge in [-0.25, -0.2) is 18.6 Å². The lowest BCUT2D eigenvalue weighted by atomic mass is 9.95. The van der Waals surface area contributed by atoms with Crippen LogP contribution in [0.5, 0.6) is 0 Å². The second-order valence-electron chi connectivity index (χ2n) is 6.85. The summed E-state index contributed by atoms with van der Waals surface area (Å²) in [5.74, 6) is -1.70. The van der Waals surface area contributed by atoms with Crippen LogP contribution in [0.25, 0.3) is 6.08 Å². The third kappa shape index (κ3) is 3.74. The molecule has 0 amide bonds. The average molecular weight is 440 g/mol. The normalized spacial score (nSPS) is 16.1. The molecule has 0 radical (unpaired) electrons. The number of carbonyl (C=O) groups is 1. The summed E-state index contributed by atoms with van der Waals surface area (Å²) in [5.41, 5.74) is 0.340. The van der Waals surface area contributed by atoms with Crippen LogP contribution in [0.3, 0.4) is 0 Å². The van der Waals surface area contributed by atoms with E-state index < -0.39 is 29.2 Å². The van der Waals surface area contributed by atoms with Crippen molar-refractivity contribution in [3.8, 4) is 0 Å². The molecular formula is C23H18F2N2O3S. The molecule has 2 aromatic carbocycles. The highest BCUT2D eigenvalue weighted by Crippen LogP contribution is 2.32. The molecular weight excluding hydrogens is 422 g/mol. The highest BCUT2D eigenvalue weighted by Gasteiger charge is 2.34. The molecule has 0 spiro atoms. The number of rotatable bonds is 4. The quantitative estimate of drug-likeness (QED) is 0.586. The highest BCUT2D eigenvalue weighted by atomic mass is 32.1. The summed E-state index contributed by atoms with van der Waals surface area (Å²) in [6.07, 6.45) is 1.43. The fraction of sp³-hybridized carbons (Fsp3) is 0.174. The minimum atomic E-state index is -1.04. The third-order valence-corrected chi connectivity index (χ3v) is 5.89. The summed E-state index contributed by atoms with van der Waals surface area (Å²) in [6, 6.07) is 11.0. The van der Waals surface area contributed by atoms with Crippen molar-refractivity contribution >= 4 is 23.4 Å². The Balaban J connectivity index is 2.00. The molecule has 0 fully saturated rings. The molecule has 0 saturated carbocycles. The summed E-state index contributed by atoms with van der Waals surface area (Å²) >= 11 is 1.05. The Kier molecular flexibility index (Phi) is 5.65. The van der Waals surface area contributed by atoms with Gasteiger partial charge in [0.1, 0.15) is 17.7 Å². The first-order chi connectivity index (χ1) is 14.9. The number of halogens is 2. The molecule has 4 rings (SSSR count). The van der Waals surface area contributed by atoms with Crippen molar-refractivity contribution in [1.82, 2.24) is 4.57 Å². The molecule has 3 aromatic rings. The zero-order valence-electron chi connectivity index (χ0n) is 16.8. The van der Waals surface area contributed by atoms with Crippen molar-refractivity contribution in [3.05, 3.63) is 102 Å². The lowest BCUT2D eigenvalue weighted by molar-refractivity contribution is -0.139. The van der Waals surface area contributed by atoms with Gasteiger partial charge in [-0.15, -0.1) is 0 Å². The molecule has 8 heteroatoms. The van der Waals surface area contributed by atoms with Gasteiger partial charge in [-0.1, -0.05) is 47.7 Å². The van der Waals surface area contributed by atoms with Gasteiger partial charge in [-0.05, 0) is 32.1 Å². The molecule has 1 aromatic heterocycles. The van der Waals surface area contributed by atoms with Crippen LogP contribution in [0.15, 0.2) is 69.6 Å². The predicted molar refractivity (Wildman–Crippen MR) is 113 cm³/mol. The molecule has 158 valence electrons. The van der Waals surface area contributed by atoms with Crippen LogP contribution in [0.1, 0.15) is 31.0 Å². The van der Waals surface area contributed by atoms with Gasteiger partial charge in [0.25, 0.3) is 5.56 Å². The van der Waals surface area contributed by atoms with E-state index in [1.165, 1.54) is 34.9 Å². The van der Waals surface area contributed by atoms with Gasteiger partial charge in [-0.2, -0.15) is 0 Å². The summed E-state index contributed by atoms with van der Waals surface area (Å²) in [4.78, 5) is 30.8. The summed E-state index contributed by atoms with van der Waals surface area (Å²) in [6.45, 7) is 3.40. The van der Waals surface area contributed by atoms with Crippen molar-refractivity contribution in [2.45, 2.75) is 19.9 Å². The molecule has 1 aliphatic heterocycles. The van der Waals surface area contributed by atoms with Crippen LogP contribution < -0.4 is 14.9 Å². The Bertz CT molecular complexity index is 1390. The summed E-state index contributed by atoms with van der Waals surface area (Å²) < 4.78 is 35.6. The molecule has 0 aliphatic carbocycles. The molecule has 1 aliphatic rings. The number of carbonyl (C=O) groups excluding carboxylic acids is 1. The second-order valence-corrected chi connectivity index (χ2v) is 7.85. The first kappa shape index (κ1) is 20.9. The Morgan fingerprint density at radius 1 is 1.16 bits per heavy atom. The van der Waals surface area contributed by atoms with Gasteiger partial charge in [-0.3, -0.25) is 9.36 Å². The van der Waals surface area contributed by atoms with E-state index in [-0.39, 0.29) is 27.8 Å². The van der Waals surface area contributed by atoms with E-state index in [4.69, 9.17) is 4.74 Å². The van der Waals surface area contributed by atoms with Crippen molar-refractivity contribution in [1.29, 1.82) is 0 Å². The smallest absolute Gasteiger partial charge is 0.338 e. The molecule has 1 unspecified atom stereocenters. The van der Waals surface area contributed by atoms with Crippen LogP contribution in [0, 0.1) is 11.6 Å². The van der Waals surface area contributed by atoms with E-state index in [0.717, 1.165) is 11.3 Å². The highest BCUT2D eigenvalue weighted by molar-refractivity contribution is 7.07. The Labute approximate surface area is 180 Å². The maximum absolute atomic E-state index is 14.8. The summed E-state index contributed by atoms with van der Waals surface area (Å²) in [5, 5.41) is 0. The minimum Gasteiger partial charge on any atom is -0.463 e. The van der Waals surface area contributed by atoms with Crippen molar-refractivity contribution in [2.75, 3.05) is 6.61 Å². The molecule has 2 heterocycles. The van der Waals surface area contributed by atoms with Crippen LogP contribution in [0.2, 0.25) is 0 Å². The number of hydrogen-bond donors (Lipinski definition) is 0.